The van der Waals surface area contributed by atoms with Crippen molar-refractivity contribution >= 4 is 21.9 Å². The number of ether oxygens (including phenoxy) is 1. The van der Waals surface area contributed by atoms with Crippen LogP contribution in [0.5, 0.6) is 5.75 Å². The van der Waals surface area contributed by atoms with Gasteiger partial charge in [-0.05, 0) is 24.6 Å². The minimum atomic E-state index is -0.785. The molecule has 0 fully saturated rings. The average Bonchev–Trinajstić information content (AvgIpc) is 2.61. The van der Waals surface area contributed by atoms with Gasteiger partial charge in [-0.3, -0.25) is 4.79 Å². The number of rotatable bonds is 5. The lowest BCUT2D eigenvalue weighted by Crippen LogP contribution is -1.93. The smallest absolute Gasteiger partial charge is 0.303 e. The van der Waals surface area contributed by atoms with Gasteiger partial charge >= 0.3 is 5.97 Å². The van der Waals surface area contributed by atoms with Gasteiger partial charge in [0, 0.05) is 17.3 Å². The summed E-state index contributed by atoms with van der Waals surface area (Å²) in [6.45, 7) is 0.336. The van der Waals surface area contributed by atoms with Gasteiger partial charge in [-0.25, -0.2) is 0 Å². The van der Waals surface area contributed by atoms with Crippen molar-refractivity contribution in [3.8, 4) is 53.1 Å². The third kappa shape index (κ3) is 12.6. The molecule has 0 aromatic heterocycles. The number of benzene rings is 1. The predicted molar refractivity (Wildman–Crippen MR) is 106 cm³/mol. The van der Waals surface area contributed by atoms with Crippen LogP contribution < -0.4 is 4.74 Å². The summed E-state index contributed by atoms with van der Waals surface area (Å²) in [7, 11) is 0. The van der Waals surface area contributed by atoms with Crippen molar-refractivity contribution < 1.29 is 14.6 Å². The number of aliphatic carboxylic acids is 1. The van der Waals surface area contributed by atoms with E-state index in [0.29, 0.717) is 38.7 Å². The van der Waals surface area contributed by atoms with E-state index in [9.17, 15) is 4.79 Å². The summed E-state index contributed by atoms with van der Waals surface area (Å²) in [5.41, 5.74) is 0. The molecule has 0 aliphatic heterocycles. The molecule has 3 nitrogen and oxygen atoms in total. The first-order valence-corrected chi connectivity index (χ1v) is 8.91. The van der Waals surface area contributed by atoms with Gasteiger partial charge < -0.3 is 9.84 Å². The zero-order valence-corrected chi connectivity index (χ0v) is 16.0. The lowest BCUT2D eigenvalue weighted by Gasteiger charge is -2.00. The zero-order valence-electron chi connectivity index (χ0n) is 14.4. The third-order valence-electron chi connectivity index (χ3n) is 2.83. The second-order valence-electron chi connectivity index (χ2n) is 4.94. The molecule has 0 saturated carbocycles. The highest BCUT2D eigenvalue weighted by molar-refractivity contribution is 9.10. The summed E-state index contributed by atoms with van der Waals surface area (Å²) in [6.07, 6.45) is 2.81. The lowest BCUT2D eigenvalue weighted by atomic mass is 10.2. The van der Waals surface area contributed by atoms with Crippen molar-refractivity contribution in [2.75, 3.05) is 6.61 Å². The number of carboxylic acid groups (broad SMARTS) is 1. The van der Waals surface area contributed by atoms with Crippen LogP contribution in [0, 0.1) is 47.4 Å². The maximum Gasteiger partial charge on any atom is 0.303 e. The molecule has 0 unspecified atom stereocenters. The molecule has 0 aliphatic carbocycles. The van der Waals surface area contributed by atoms with Gasteiger partial charge in [0.15, 0.2) is 0 Å². The van der Waals surface area contributed by atoms with Crippen LogP contribution in [0.15, 0.2) is 28.7 Å². The SMILES string of the molecule is O=C(O)CCCC#CCC#CCC#CCC#CCOc1cccc(Br)c1. The Labute approximate surface area is 163 Å². The molecule has 0 heterocycles. The highest BCUT2D eigenvalue weighted by Crippen LogP contribution is 2.17. The molecule has 1 N–H and O–H groups in total. The van der Waals surface area contributed by atoms with Crippen molar-refractivity contribution in [1.82, 2.24) is 0 Å². The molecule has 1 rings (SSSR count). The van der Waals surface area contributed by atoms with Crippen LogP contribution in [0.1, 0.15) is 38.5 Å². The van der Waals surface area contributed by atoms with E-state index in [1.807, 2.05) is 24.3 Å². The van der Waals surface area contributed by atoms with Gasteiger partial charge in [0.05, 0.1) is 19.3 Å². The van der Waals surface area contributed by atoms with Gasteiger partial charge in [0.1, 0.15) is 12.4 Å². The van der Waals surface area contributed by atoms with Crippen molar-refractivity contribution in [2.24, 2.45) is 0 Å². The Morgan fingerprint density at radius 1 is 0.962 bits per heavy atom. The van der Waals surface area contributed by atoms with E-state index in [4.69, 9.17) is 9.84 Å². The summed E-state index contributed by atoms with van der Waals surface area (Å²) in [5, 5.41) is 8.47. The van der Waals surface area contributed by atoms with E-state index < -0.39 is 5.97 Å². The highest BCUT2D eigenvalue weighted by Gasteiger charge is 1.93. The maximum absolute atomic E-state index is 10.3. The van der Waals surface area contributed by atoms with E-state index >= 15 is 0 Å². The summed E-state index contributed by atoms with van der Waals surface area (Å²) in [4.78, 5) is 10.3. The molecule has 0 saturated heterocycles. The van der Waals surface area contributed by atoms with Crippen molar-refractivity contribution in [3.05, 3.63) is 28.7 Å². The molecule has 0 aliphatic rings. The number of hydrogen-bond acceptors (Lipinski definition) is 2. The van der Waals surface area contributed by atoms with Gasteiger partial charge in [0.2, 0.25) is 0 Å². The zero-order chi connectivity index (χ0) is 18.9. The van der Waals surface area contributed by atoms with E-state index in [0.717, 1.165) is 10.2 Å². The molecule has 1 aromatic carbocycles. The molecule has 0 atom stereocenters. The maximum atomic E-state index is 10.3. The topological polar surface area (TPSA) is 46.5 Å². The normalized spacial score (nSPS) is 8.35. The van der Waals surface area contributed by atoms with Crippen LogP contribution in [0.25, 0.3) is 0 Å². The standard InChI is InChI=1S/C22H19BrO3/c23-20-15-14-16-21(19-20)26-18-13-11-9-7-5-3-1-2-4-6-8-10-12-17-22(24)25/h14-16,19H,3-4,9-10,12,17-18H2,(H,24,25). The Hall–Kier alpha value is -2.79. The van der Waals surface area contributed by atoms with Crippen LogP contribution in [0.4, 0.5) is 0 Å². The fraction of sp³-hybridized carbons (Fsp3) is 0.318. The van der Waals surface area contributed by atoms with Crippen LogP contribution in [0.2, 0.25) is 0 Å². The third-order valence-corrected chi connectivity index (χ3v) is 3.32. The first kappa shape index (κ1) is 21.3. The number of halogens is 1. The molecule has 0 amide bonds. The predicted octanol–water partition coefficient (Wildman–Crippen LogP) is 4.27. The number of unbranched alkanes of at least 4 members (excludes halogenated alkanes) is 1. The Morgan fingerprint density at radius 2 is 1.58 bits per heavy atom. The van der Waals surface area contributed by atoms with Crippen LogP contribution in [-0.2, 0) is 4.79 Å². The second kappa shape index (κ2) is 14.5. The van der Waals surface area contributed by atoms with Crippen molar-refractivity contribution in [3.63, 3.8) is 0 Å². The van der Waals surface area contributed by atoms with Gasteiger partial charge in [-0.2, -0.15) is 0 Å². The molecule has 26 heavy (non-hydrogen) atoms. The van der Waals surface area contributed by atoms with E-state index in [2.05, 4.69) is 63.3 Å². The van der Waals surface area contributed by atoms with Crippen molar-refractivity contribution in [1.29, 1.82) is 0 Å². The van der Waals surface area contributed by atoms with Crippen molar-refractivity contribution in [2.45, 2.75) is 38.5 Å². The Kier molecular flexibility index (Phi) is 11.9. The Balaban J connectivity index is 2.09. The van der Waals surface area contributed by atoms with Crippen LogP contribution in [0.3, 0.4) is 0 Å². The Morgan fingerprint density at radius 3 is 2.19 bits per heavy atom. The molecule has 0 radical (unpaired) electrons. The van der Waals surface area contributed by atoms with E-state index in [1.165, 1.54) is 0 Å². The quantitative estimate of drug-likeness (QED) is 0.582. The summed E-state index contributed by atoms with van der Waals surface area (Å²) < 4.78 is 6.46. The minimum Gasteiger partial charge on any atom is -0.481 e. The van der Waals surface area contributed by atoms with E-state index in [1.54, 1.807) is 0 Å². The average molecular weight is 411 g/mol. The minimum absolute atomic E-state index is 0.162. The summed E-state index contributed by atoms with van der Waals surface area (Å²) >= 11 is 3.38. The Bertz CT molecular complexity index is 827. The van der Waals surface area contributed by atoms with Gasteiger partial charge in [-0.15, -0.1) is 5.92 Å². The summed E-state index contributed by atoms with van der Waals surface area (Å²) in [5.74, 6) is 23.4. The van der Waals surface area contributed by atoms with Gasteiger partial charge in [-0.1, -0.05) is 63.4 Å². The number of carbonyl (C=O) groups is 1. The number of hydrogen-bond donors (Lipinski definition) is 1. The first-order chi connectivity index (χ1) is 12.7. The number of carboxylic acids is 1. The largest absolute Gasteiger partial charge is 0.481 e. The lowest BCUT2D eigenvalue weighted by molar-refractivity contribution is -0.137. The van der Waals surface area contributed by atoms with Crippen LogP contribution >= 0.6 is 15.9 Å². The fourth-order valence-electron chi connectivity index (χ4n) is 1.65. The molecular weight excluding hydrogens is 392 g/mol. The molecular formula is C22H19BrO3. The first-order valence-electron chi connectivity index (χ1n) is 8.11. The monoisotopic (exact) mass is 410 g/mol. The molecule has 0 bridgehead atoms. The summed E-state index contributed by atoms with van der Waals surface area (Å²) in [6, 6.07) is 7.61. The fourth-order valence-corrected chi connectivity index (χ4v) is 2.03. The van der Waals surface area contributed by atoms with Crippen LogP contribution in [-0.4, -0.2) is 17.7 Å². The van der Waals surface area contributed by atoms with E-state index in [-0.39, 0.29) is 6.42 Å². The second-order valence-corrected chi connectivity index (χ2v) is 5.85. The molecule has 1 aromatic rings. The highest BCUT2D eigenvalue weighted by atomic mass is 79.9. The van der Waals surface area contributed by atoms with Gasteiger partial charge in [0.25, 0.3) is 0 Å². The molecule has 132 valence electrons. The molecule has 4 heteroatoms. The molecule has 0 spiro atoms.